The van der Waals surface area contributed by atoms with Crippen LogP contribution in [-0.2, 0) is 0 Å². The van der Waals surface area contributed by atoms with Crippen LogP contribution in [0.1, 0.15) is 16.2 Å². The molecular weight excluding hydrogens is 277 g/mol. The van der Waals surface area contributed by atoms with Gasteiger partial charge >= 0.3 is 0 Å². The van der Waals surface area contributed by atoms with Gasteiger partial charge in [0.15, 0.2) is 17.3 Å². The van der Waals surface area contributed by atoms with E-state index in [-0.39, 0.29) is 17.4 Å². The van der Waals surface area contributed by atoms with Crippen molar-refractivity contribution in [2.75, 3.05) is 31.1 Å². The molecule has 9 heteroatoms. The van der Waals surface area contributed by atoms with Gasteiger partial charge in [-0.05, 0) is 6.92 Å². The molecule has 3 rings (SSSR count). The number of carbonyl (C=O) groups is 1. The van der Waals surface area contributed by atoms with Gasteiger partial charge in [-0.1, -0.05) is 0 Å². The molecule has 1 amide bonds. The quantitative estimate of drug-likeness (QED) is 0.838. The molecule has 0 bridgehead atoms. The van der Waals surface area contributed by atoms with Gasteiger partial charge in [0.25, 0.3) is 5.91 Å². The highest BCUT2D eigenvalue weighted by atomic mass is 19.1. The molecule has 2 aromatic heterocycles. The molecule has 0 aromatic carbocycles. The van der Waals surface area contributed by atoms with E-state index in [0.29, 0.717) is 31.9 Å². The van der Waals surface area contributed by atoms with Gasteiger partial charge in [0.2, 0.25) is 0 Å². The molecular formula is C12H14FN7O. The molecule has 1 fully saturated rings. The maximum absolute atomic E-state index is 14.0. The zero-order valence-corrected chi connectivity index (χ0v) is 11.5. The number of rotatable bonds is 2. The van der Waals surface area contributed by atoms with Crippen molar-refractivity contribution in [2.45, 2.75) is 6.92 Å². The molecule has 1 N–H and O–H groups in total. The predicted molar refractivity (Wildman–Crippen MR) is 71.2 cm³/mol. The average molecular weight is 291 g/mol. The number of hydrogen-bond donors (Lipinski definition) is 1. The minimum Gasteiger partial charge on any atom is -0.351 e. The van der Waals surface area contributed by atoms with E-state index in [1.807, 2.05) is 4.90 Å². The number of H-pyrrole nitrogens is 1. The van der Waals surface area contributed by atoms with Crippen molar-refractivity contribution in [2.24, 2.45) is 0 Å². The number of halogens is 1. The first-order valence-electron chi connectivity index (χ1n) is 6.54. The molecule has 3 heterocycles. The summed E-state index contributed by atoms with van der Waals surface area (Å²) in [5, 5.41) is 9.81. The van der Waals surface area contributed by atoms with Crippen molar-refractivity contribution in [1.82, 2.24) is 30.3 Å². The minimum absolute atomic E-state index is 0.178. The monoisotopic (exact) mass is 291 g/mol. The molecule has 0 saturated carbocycles. The SMILES string of the molecule is Cc1ncnc(N2CCN(C(=O)c3cn[nH]n3)CC2)c1F. The largest absolute Gasteiger partial charge is 0.351 e. The second kappa shape index (κ2) is 5.43. The van der Waals surface area contributed by atoms with Gasteiger partial charge in [0.1, 0.15) is 6.33 Å². The molecule has 1 aliphatic heterocycles. The number of anilines is 1. The number of nitrogens with one attached hydrogen (secondary N) is 1. The fourth-order valence-corrected chi connectivity index (χ4v) is 2.25. The van der Waals surface area contributed by atoms with Gasteiger partial charge in [-0.15, -0.1) is 0 Å². The van der Waals surface area contributed by atoms with E-state index in [1.54, 1.807) is 11.8 Å². The first kappa shape index (κ1) is 13.4. The maximum Gasteiger partial charge on any atom is 0.276 e. The molecule has 0 spiro atoms. The van der Waals surface area contributed by atoms with Crippen LogP contribution in [-0.4, -0.2) is 62.4 Å². The van der Waals surface area contributed by atoms with Gasteiger partial charge in [0, 0.05) is 26.2 Å². The van der Waals surface area contributed by atoms with E-state index < -0.39 is 5.82 Å². The van der Waals surface area contributed by atoms with Crippen molar-refractivity contribution in [3.8, 4) is 0 Å². The fraction of sp³-hybridized carbons (Fsp3) is 0.417. The normalized spacial score (nSPS) is 15.3. The second-order valence-electron chi connectivity index (χ2n) is 4.73. The number of nitrogens with zero attached hydrogens (tertiary/aromatic N) is 6. The molecule has 110 valence electrons. The standard InChI is InChI=1S/C12H14FN7O/c1-8-10(13)11(15-7-14-8)19-2-4-20(5-3-19)12(21)9-6-16-18-17-9/h6-7H,2-5H2,1H3,(H,16,17,18). The number of amides is 1. The van der Waals surface area contributed by atoms with Crippen LogP contribution in [0.4, 0.5) is 10.2 Å². The first-order valence-corrected chi connectivity index (χ1v) is 6.54. The van der Waals surface area contributed by atoms with Crippen LogP contribution >= 0.6 is 0 Å². The van der Waals surface area contributed by atoms with Gasteiger partial charge in [-0.2, -0.15) is 15.4 Å². The Hall–Kier alpha value is -2.58. The van der Waals surface area contributed by atoms with Crippen molar-refractivity contribution < 1.29 is 9.18 Å². The Morgan fingerprint density at radius 3 is 2.71 bits per heavy atom. The highest BCUT2D eigenvalue weighted by Gasteiger charge is 2.25. The lowest BCUT2D eigenvalue weighted by Gasteiger charge is -2.35. The molecule has 0 unspecified atom stereocenters. The van der Waals surface area contributed by atoms with Gasteiger partial charge in [0.05, 0.1) is 11.9 Å². The summed E-state index contributed by atoms with van der Waals surface area (Å²) in [6.07, 6.45) is 2.74. The van der Waals surface area contributed by atoms with Crippen molar-refractivity contribution in [3.63, 3.8) is 0 Å². The van der Waals surface area contributed by atoms with Crippen LogP contribution in [0, 0.1) is 12.7 Å². The lowest BCUT2D eigenvalue weighted by Crippen LogP contribution is -2.49. The summed E-state index contributed by atoms with van der Waals surface area (Å²) in [6.45, 7) is 3.58. The van der Waals surface area contributed by atoms with Crippen molar-refractivity contribution in [3.05, 3.63) is 29.7 Å². The summed E-state index contributed by atoms with van der Waals surface area (Å²) in [4.78, 5) is 23.4. The first-order chi connectivity index (χ1) is 10.2. The van der Waals surface area contributed by atoms with Gasteiger partial charge < -0.3 is 9.80 Å². The van der Waals surface area contributed by atoms with E-state index >= 15 is 0 Å². The Balaban J connectivity index is 1.68. The van der Waals surface area contributed by atoms with E-state index in [9.17, 15) is 9.18 Å². The average Bonchev–Trinajstić information content (AvgIpc) is 3.04. The number of hydrogen-bond acceptors (Lipinski definition) is 6. The number of aromatic nitrogens is 5. The Morgan fingerprint density at radius 1 is 1.29 bits per heavy atom. The summed E-state index contributed by atoms with van der Waals surface area (Å²) in [5.41, 5.74) is 0.605. The highest BCUT2D eigenvalue weighted by Crippen LogP contribution is 2.19. The zero-order chi connectivity index (χ0) is 14.8. The van der Waals surface area contributed by atoms with Crippen LogP contribution in [0.3, 0.4) is 0 Å². The molecule has 1 aliphatic rings. The van der Waals surface area contributed by atoms with Gasteiger partial charge in [-0.3, -0.25) is 4.79 Å². The molecule has 0 aliphatic carbocycles. The van der Waals surface area contributed by atoms with E-state index in [1.165, 1.54) is 12.5 Å². The van der Waals surface area contributed by atoms with Crippen LogP contribution in [0.2, 0.25) is 0 Å². The summed E-state index contributed by atoms with van der Waals surface area (Å²) < 4.78 is 14.0. The van der Waals surface area contributed by atoms with Gasteiger partial charge in [-0.25, -0.2) is 14.4 Å². The number of aryl methyl sites for hydroxylation is 1. The predicted octanol–water partition coefficient (Wildman–Crippen LogP) is 0.00462. The summed E-state index contributed by atoms with van der Waals surface area (Å²) in [7, 11) is 0. The Bertz CT molecular complexity index is 637. The Kier molecular flexibility index (Phi) is 3.46. The molecule has 21 heavy (non-hydrogen) atoms. The molecule has 0 radical (unpaired) electrons. The van der Waals surface area contributed by atoms with Crippen LogP contribution in [0.5, 0.6) is 0 Å². The molecule has 8 nitrogen and oxygen atoms in total. The second-order valence-corrected chi connectivity index (χ2v) is 4.73. The zero-order valence-electron chi connectivity index (χ0n) is 11.5. The van der Waals surface area contributed by atoms with Crippen LogP contribution in [0.25, 0.3) is 0 Å². The van der Waals surface area contributed by atoms with Crippen molar-refractivity contribution >= 4 is 11.7 Å². The van der Waals surface area contributed by atoms with Crippen LogP contribution < -0.4 is 4.90 Å². The summed E-state index contributed by atoms with van der Waals surface area (Å²) in [6, 6.07) is 0. The minimum atomic E-state index is -0.409. The lowest BCUT2D eigenvalue weighted by molar-refractivity contribution is 0.0740. The van der Waals surface area contributed by atoms with E-state index in [2.05, 4.69) is 25.4 Å². The third kappa shape index (κ3) is 2.54. The molecule has 0 atom stereocenters. The Labute approximate surface area is 120 Å². The van der Waals surface area contributed by atoms with Crippen LogP contribution in [0.15, 0.2) is 12.5 Å². The summed E-state index contributed by atoms with van der Waals surface area (Å²) >= 11 is 0. The topological polar surface area (TPSA) is 90.9 Å². The molecule has 1 saturated heterocycles. The number of carbonyl (C=O) groups excluding carboxylic acids is 1. The van der Waals surface area contributed by atoms with E-state index in [4.69, 9.17) is 0 Å². The third-order valence-electron chi connectivity index (χ3n) is 3.45. The molecule has 2 aromatic rings. The fourth-order valence-electron chi connectivity index (χ4n) is 2.25. The number of aromatic amines is 1. The Morgan fingerprint density at radius 2 is 2.05 bits per heavy atom. The smallest absolute Gasteiger partial charge is 0.276 e. The lowest BCUT2D eigenvalue weighted by atomic mass is 10.2. The third-order valence-corrected chi connectivity index (χ3v) is 3.45. The van der Waals surface area contributed by atoms with E-state index in [0.717, 1.165) is 0 Å². The summed E-state index contributed by atoms with van der Waals surface area (Å²) in [5.74, 6) is -0.299. The van der Waals surface area contributed by atoms with Crippen molar-refractivity contribution in [1.29, 1.82) is 0 Å². The highest BCUT2D eigenvalue weighted by molar-refractivity contribution is 5.92. The maximum atomic E-state index is 14.0. The number of piperazine rings is 1.